The second-order valence-corrected chi connectivity index (χ2v) is 10.9. The zero-order valence-electron chi connectivity index (χ0n) is 21.5. The van der Waals surface area contributed by atoms with Gasteiger partial charge in [-0.25, -0.2) is 8.78 Å². The molecule has 0 radical (unpaired) electrons. The van der Waals surface area contributed by atoms with E-state index < -0.39 is 61.1 Å². The van der Waals surface area contributed by atoms with Crippen LogP contribution in [0.25, 0.3) is 0 Å². The number of amides is 2. The first-order chi connectivity index (χ1) is 17.9. The molecule has 3 N–H and O–H groups in total. The van der Waals surface area contributed by atoms with Crippen molar-refractivity contribution in [3.05, 3.63) is 24.3 Å². The Morgan fingerprint density at radius 1 is 1.05 bits per heavy atom. The number of alkyl halides is 4. The van der Waals surface area contributed by atoms with Crippen molar-refractivity contribution in [3.63, 3.8) is 0 Å². The van der Waals surface area contributed by atoms with Crippen LogP contribution in [0.15, 0.2) is 29.2 Å². The van der Waals surface area contributed by atoms with Crippen LogP contribution in [0.5, 0.6) is 5.75 Å². The molecule has 1 aromatic carbocycles. The van der Waals surface area contributed by atoms with Crippen molar-refractivity contribution in [2.45, 2.75) is 93.3 Å². The maximum atomic E-state index is 14.7. The first-order valence-corrected chi connectivity index (χ1v) is 14.1. The van der Waals surface area contributed by atoms with Crippen LogP contribution in [0.2, 0.25) is 0 Å². The van der Waals surface area contributed by atoms with Crippen molar-refractivity contribution in [1.82, 2.24) is 16.0 Å². The average Bonchev–Trinajstić information content (AvgIpc) is 3.79. The van der Waals surface area contributed by atoms with Gasteiger partial charge >= 0.3 is 6.11 Å². The molecule has 0 aromatic heterocycles. The Bertz CT molecular complexity index is 972. The fraction of sp³-hybridized carbons (Fsp3) is 0.654. The highest BCUT2D eigenvalue weighted by atomic mass is 32.2. The summed E-state index contributed by atoms with van der Waals surface area (Å²) in [4.78, 5) is 38.7. The van der Waals surface area contributed by atoms with Gasteiger partial charge in [0.1, 0.15) is 12.3 Å². The van der Waals surface area contributed by atoms with Crippen LogP contribution in [-0.2, 0) is 14.4 Å². The Hall–Kier alpha value is -2.34. The third-order valence-electron chi connectivity index (χ3n) is 6.33. The predicted octanol–water partition coefficient (Wildman–Crippen LogP) is 4.30. The third kappa shape index (κ3) is 10.1. The van der Waals surface area contributed by atoms with Gasteiger partial charge in [-0.15, -0.1) is 11.8 Å². The van der Waals surface area contributed by atoms with Gasteiger partial charge in [0.05, 0.1) is 12.1 Å². The lowest BCUT2D eigenvalue weighted by atomic mass is 10.0. The smallest absolute Gasteiger partial charge is 0.410 e. The highest BCUT2D eigenvalue weighted by Crippen LogP contribution is 2.41. The minimum atomic E-state index is -3.81. The molecule has 0 aliphatic heterocycles. The second kappa shape index (κ2) is 13.1. The van der Waals surface area contributed by atoms with Crippen molar-refractivity contribution >= 4 is 29.4 Å². The van der Waals surface area contributed by atoms with Gasteiger partial charge in [0.25, 0.3) is 5.91 Å². The van der Waals surface area contributed by atoms with Crippen LogP contribution in [0.1, 0.15) is 58.3 Å². The van der Waals surface area contributed by atoms with E-state index in [9.17, 15) is 31.9 Å². The highest BCUT2D eigenvalue weighted by molar-refractivity contribution is 7.98. The Kier molecular flexibility index (Phi) is 10.4. The van der Waals surface area contributed by atoms with Gasteiger partial charge in [-0.1, -0.05) is 13.3 Å². The van der Waals surface area contributed by atoms with Crippen LogP contribution in [0.3, 0.4) is 0 Å². The molecule has 3 rings (SSSR count). The molecule has 2 aliphatic rings. The van der Waals surface area contributed by atoms with Gasteiger partial charge in [-0.3, -0.25) is 19.7 Å². The quantitative estimate of drug-likeness (QED) is 0.149. The summed E-state index contributed by atoms with van der Waals surface area (Å²) in [5.74, 6) is -6.37. The van der Waals surface area contributed by atoms with Crippen molar-refractivity contribution in [2.75, 3.05) is 12.8 Å². The molecule has 38 heavy (non-hydrogen) atoms. The molecule has 2 fully saturated rings. The van der Waals surface area contributed by atoms with Crippen LogP contribution in [0, 0.1) is 5.92 Å². The van der Waals surface area contributed by atoms with Gasteiger partial charge in [0.2, 0.25) is 17.6 Å². The van der Waals surface area contributed by atoms with Crippen LogP contribution >= 0.6 is 11.8 Å². The van der Waals surface area contributed by atoms with E-state index in [1.165, 1.54) is 23.9 Å². The summed E-state index contributed by atoms with van der Waals surface area (Å²) in [6, 6.07) is 2.85. The molecular weight excluding hydrogens is 526 g/mol. The first kappa shape index (κ1) is 30.2. The molecule has 2 saturated carbocycles. The Balaban J connectivity index is 1.67. The topological polar surface area (TPSA) is 96.5 Å². The third-order valence-corrected chi connectivity index (χ3v) is 7.07. The molecule has 0 bridgehead atoms. The number of hydrogen-bond acceptors (Lipinski definition) is 6. The monoisotopic (exact) mass is 561 g/mol. The zero-order chi connectivity index (χ0) is 27.9. The summed E-state index contributed by atoms with van der Waals surface area (Å²) in [6.45, 7) is 0.512. The molecule has 0 heterocycles. The summed E-state index contributed by atoms with van der Waals surface area (Å²) in [6.07, 6.45) is -0.125. The Morgan fingerprint density at radius 2 is 1.71 bits per heavy atom. The summed E-state index contributed by atoms with van der Waals surface area (Å²) in [7, 11) is 0. The molecule has 212 valence electrons. The van der Waals surface area contributed by atoms with Crippen molar-refractivity contribution in [1.29, 1.82) is 0 Å². The molecule has 1 aromatic rings. The number of hydrogen-bond donors (Lipinski definition) is 3. The molecule has 2 amide bonds. The Morgan fingerprint density at radius 3 is 2.26 bits per heavy atom. The lowest BCUT2D eigenvalue weighted by Crippen LogP contribution is -2.56. The molecule has 0 unspecified atom stereocenters. The summed E-state index contributed by atoms with van der Waals surface area (Å²) < 4.78 is 63.4. The van der Waals surface area contributed by atoms with Crippen LogP contribution in [0.4, 0.5) is 17.6 Å². The summed E-state index contributed by atoms with van der Waals surface area (Å²) in [5, 5.41) is 7.12. The normalized spacial score (nSPS) is 17.4. The number of rotatable bonds is 17. The van der Waals surface area contributed by atoms with E-state index >= 15 is 0 Å². The molecular formula is C26H35F4N3O4S. The van der Waals surface area contributed by atoms with Gasteiger partial charge in [-0.05, 0) is 68.5 Å². The predicted molar refractivity (Wildman–Crippen MR) is 136 cm³/mol. The number of ether oxygens (including phenoxy) is 1. The van der Waals surface area contributed by atoms with Crippen LogP contribution in [-0.4, -0.2) is 60.6 Å². The summed E-state index contributed by atoms with van der Waals surface area (Å²) >= 11 is 1.42. The van der Waals surface area contributed by atoms with Crippen LogP contribution < -0.4 is 20.7 Å². The highest BCUT2D eigenvalue weighted by Gasteiger charge is 2.43. The van der Waals surface area contributed by atoms with E-state index in [0.717, 1.165) is 17.7 Å². The number of benzene rings is 1. The van der Waals surface area contributed by atoms with E-state index in [1.54, 1.807) is 19.1 Å². The van der Waals surface area contributed by atoms with E-state index in [-0.39, 0.29) is 24.1 Å². The van der Waals surface area contributed by atoms with Gasteiger partial charge in [0, 0.05) is 23.8 Å². The minimum Gasteiger partial charge on any atom is -0.432 e. The fourth-order valence-corrected chi connectivity index (χ4v) is 4.36. The van der Waals surface area contributed by atoms with Crippen molar-refractivity contribution in [2.24, 2.45) is 5.92 Å². The number of thioether (sulfide) groups is 1. The van der Waals surface area contributed by atoms with E-state index in [2.05, 4.69) is 16.0 Å². The number of carbonyl (C=O) groups is 3. The molecule has 0 spiro atoms. The number of carbonyl (C=O) groups excluding carboxylic acids is 3. The van der Waals surface area contributed by atoms with Gasteiger partial charge < -0.3 is 15.4 Å². The standard InChI is InChI=1S/C26H35F4N3O4S/c1-3-4-20(22(34)24(36)32-17-7-8-17)33-23(35)21(14-25(27,28)13-16-5-6-16)31-15-26(29,30)37-18-9-11-19(38-2)12-10-18/h9-12,16-17,20-21,31H,3-8,13-15H2,1-2H3,(H,32,36)(H,33,35)/t20-,21-/m0/s1. The first-order valence-electron chi connectivity index (χ1n) is 12.9. The maximum absolute atomic E-state index is 14.7. The van der Waals surface area contributed by atoms with E-state index in [4.69, 9.17) is 4.74 Å². The largest absolute Gasteiger partial charge is 0.432 e. The average molecular weight is 562 g/mol. The molecule has 12 heteroatoms. The zero-order valence-corrected chi connectivity index (χ0v) is 22.4. The van der Waals surface area contributed by atoms with E-state index in [0.29, 0.717) is 19.3 Å². The van der Waals surface area contributed by atoms with Crippen molar-refractivity contribution in [3.8, 4) is 5.75 Å². The fourth-order valence-electron chi connectivity index (χ4n) is 3.95. The lowest BCUT2D eigenvalue weighted by Gasteiger charge is -2.27. The molecule has 2 atom stereocenters. The summed E-state index contributed by atoms with van der Waals surface area (Å²) in [5.41, 5.74) is 0. The second-order valence-electron chi connectivity index (χ2n) is 10.0. The Labute approximate surface area is 224 Å². The lowest BCUT2D eigenvalue weighted by molar-refractivity contribution is -0.174. The van der Waals surface area contributed by atoms with Gasteiger partial charge in [0.15, 0.2) is 0 Å². The maximum Gasteiger partial charge on any atom is 0.410 e. The number of Topliss-reactive ketones (excluding diaryl/α,β-unsaturated/α-hetero) is 1. The SMILES string of the molecule is CCC[C@H](NC(=O)[C@H](CC(F)(F)CC1CC1)NCC(F)(F)Oc1ccc(SC)cc1)C(=O)C(=O)NC1CC1. The number of nitrogens with one attached hydrogen (secondary N) is 3. The molecule has 7 nitrogen and oxygen atoms in total. The number of ketones is 1. The van der Waals surface area contributed by atoms with Crippen molar-refractivity contribution < 1.29 is 36.7 Å². The molecule has 2 aliphatic carbocycles. The minimum absolute atomic E-state index is 0.0841. The number of halogens is 4. The molecule has 0 saturated heterocycles. The van der Waals surface area contributed by atoms with Gasteiger partial charge in [-0.2, -0.15) is 8.78 Å². The van der Waals surface area contributed by atoms with E-state index in [1.807, 2.05) is 6.26 Å².